The first kappa shape index (κ1) is 15.5. The first-order chi connectivity index (χ1) is 9.48. The van der Waals surface area contributed by atoms with Crippen LogP contribution in [-0.4, -0.2) is 44.0 Å². The molecule has 1 aromatic heterocycles. The number of carbonyl (C=O) groups excluding carboxylic acids is 1. The van der Waals surface area contributed by atoms with Crippen LogP contribution in [0.2, 0.25) is 0 Å². The first-order valence-electron chi connectivity index (χ1n) is 6.75. The molecule has 0 aliphatic carbocycles. The third-order valence-corrected chi connectivity index (χ3v) is 5.66. The molecule has 1 aromatic rings. The number of nitrogens with zero attached hydrogens (tertiary/aromatic N) is 1. The minimum atomic E-state index is -3.31. The Bertz CT molecular complexity index is 540. The van der Waals surface area contributed by atoms with Crippen molar-refractivity contribution in [3.05, 3.63) is 22.4 Å². The molecule has 1 atom stereocenters. The highest BCUT2D eigenvalue weighted by atomic mass is 32.2. The summed E-state index contributed by atoms with van der Waals surface area (Å²) >= 11 is 1.66. The van der Waals surface area contributed by atoms with E-state index in [2.05, 4.69) is 5.32 Å². The van der Waals surface area contributed by atoms with Crippen molar-refractivity contribution in [3.8, 4) is 0 Å². The standard InChI is InChI=1S/C13H20N2O3S2/c1-20(17,18)15-9-3-2-6-12(15)13(16)14-8-7-11-5-4-10-19-11/h4-5,10,12H,2-3,6-9H2,1H3,(H,14,16)/t12-/m0/s1. The zero-order chi connectivity index (χ0) is 14.6. The first-order valence-corrected chi connectivity index (χ1v) is 9.48. The van der Waals surface area contributed by atoms with E-state index in [0.717, 1.165) is 19.3 Å². The van der Waals surface area contributed by atoms with Crippen molar-refractivity contribution < 1.29 is 13.2 Å². The number of piperidine rings is 1. The summed E-state index contributed by atoms with van der Waals surface area (Å²) in [5.74, 6) is -0.174. The Hall–Kier alpha value is -0.920. The second kappa shape index (κ2) is 6.69. The van der Waals surface area contributed by atoms with E-state index < -0.39 is 16.1 Å². The maximum absolute atomic E-state index is 12.2. The SMILES string of the molecule is CS(=O)(=O)N1CCCC[C@H]1C(=O)NCCc1cccs1. The van der Waals surface area contributed by atoms with Crippen LogP contribution in [0.4, 0.5) is 0 Å². The molecule has 1 aliphatic rings. The highest BCUT2D eigenvalue weighted by Gasteiger charge is 2.34. The van der Waals surface area contributed by atoms with Gasteiger partial charge in [0.2, 0.25) is 15.9 Å². The fraction of sp³-hybridized carbons (Fsp3) is 0.615. The van der Waals surface area contributed by atoms with E-state index in [1.807, 2.05) is 17.5 Å². The smallest absolute Gasteiger partial charge is 0.238 e. The molecule has 1 aliphatic heterocycles. The van der Waals surface area contributed by atoms with Crippen LogP contribution < -0.4 is 5.32 Å². The number of thiophene rings is 1. The molecule has 7 heteroatoms. The number of amides is 1. The lowest BCUT2D eigenvalue weighted by Crippen LogP contribution is -2.51. The van der Waals surface area contributed by atoms with Crippen LogP contribution in [0.5, 0.6) is 0 Å². The van der Waals surface area contributed by atoms with Gasteiger partial charge in [-0.1, -0.05) is 12.5 Å². The van der Waals surface area contributed by atoms with Crippen LogP contribution >= 0.6 is 11.3 Å². The van der Waals surface area contributed by atoms with Gasteiger partial charge < -0.3 is 5.32 Å². The molecule has 1 N–H and O–H groups in total. The number of hydrogen-bond acceptors (Lipinski definition) is 4. The highest BCUT2D eigenvalue weighted by Crippen LogP contribution is 2.20. The van der Waals surface area contributed by atoms with Crippen LogP contribution in [0.3, 0.4) is 0 Å². The summed E-state index contributed by atoms with van der Waals surface area (Å²) in [7, 11) is -3.31. The third-order valence-electron chi connectivity index (χ3n) is 3.43. The molecule has 0 aromatic carbocycles. The number of carbonyl (C=O) groups is 1. The lowest BCUT2D eigenvalue weighted by molar-refractivity contribution is -0.125. The molecular weight excluding hydrogens is 296 g/mol. The lowest BCUT2D eigenvalue weighted by Gasteiger charge is -2.32. The Kier molecular flexibility index (Phi) is 5.17. The molecule has 112 valence electrons. The van der Waals surface area contributed by atoms with E-state index in [-0.39, 0.29) is 5.91 Å². The van der Waals surface area contributed by atoms with Gasteiger partial charge in [0.05, 0.1) is 6.26 Å². The predicted octanol–water partition coefficient (Wildman–Crippen LogP) is 1.22. The molecule has 0 spiro atoms. The molecular formula is C13H20N2O3S2. The Labute approximate surface area is 124 Å². The molecule has 2 rings (SSSR count). The van der Waals surface area contributed by atoms with Crippen molar-refractivity contribution >= 4 is 27.3 Å². The van der Waals surface area contributed by atoms with Crippen molar-refractivity contribution in [2.24, 2.45) is 0 Å². The van der Waals surface area contributed by atoms with Gasteiger partial charge in [0.15, 0.2) is 0 Å². The van der Waals surface area contributed by atoms with E-state index in [9.17, 15) is 13.2 Å². The quantitative estimate of drug-likeness (QED) is 0.888. The van der Waals surface area contributed by atoms with Crippen LogP contribution in [-0.2, 0) is 21.2 Å². The fourth-order valence-electron chi connectivity index (χ4n) is 2.45. The van der Waals surface area contributed by atoms with Crippen molar-refractivity contribution in [1.29, 1.82) is 0 Å². The summed E-state index contributed by atoms with van der Waals surface area (Å²) in [5.41, 5.74) is 0. The van der Waals surface area contributed by atoms with E-state index in [1.165, 1.54) is 15.4 Å². The van der Waals surface area contributed by atoms with E-state index in [0.29, 0.717) is 19.5 Å². The average Bonchev–Trinajstić information content (AvgIpc) is 2.91. The largest absolute Gasteiger partial charge is 0.354 e. The van der Waals surface area contributed by atoms with E-state index in [4.69, 9.17) is 0 Å². The lowest BCUT2D eigenvalue weighted by atomic mass is 10.0. The molecule has 1 amide bonds. The second-order valence-corrected chi connectivity index (χ2v) is 7.97. The predicted molar refractivity (Wildman–Crippen MR) is 80.2 cm³/mol. The fourth-order valence-corrected chi connectivity index (χ4v) is 4.28. The summed E-state index contributed by atoms with van der Waals surface area (Å²) in [4.78, 5) is 13.4. The molecule has 0 saturated carbocycles. The van der Waals surface area contributed by atoms with Crippen LogP contribution in [0.25, 0.3) is 0 Å². The monoisotopic (exact) mass is 316 g/mol. The summed E-state index contributed by atoms with van der Waals surface area (Å²) in [6, 6.07) is 3.47. The summed E-state index contributed by atoms with van der Waals surface area (Å²) < 4.78 is 24.7. The summed E-state index contributed by atoms with van der Waals surface area (Å²) in [6.45, 7) is 0.995. The summed E-state index contributed by atoms with van der Waals surface area (Å²) in [5, 5.41) is 4.86. The number of rotatable bonds is 5. The van der Waals surface area contributed by atoms with E-state index in [1.54, 1.807) is 11.3 Å². The number of nitrogens with one attached hydrogen (secondary N) is 1. The maximum Gasteiger partial charge on any atom is 0.238 e. The topological polar surface area (TPSA) is 66.5 Å². The van der Waals surface area contributed by atoms with Gasteiger partial charge in [-0.2, -0.15) is 4.31 Å². The van der Waals surface area contributed by atoms with Gasteiger partial charge in [0.25, 0.3) is 0 Å². The second-order valence-electron chi connectivity index (χ2n) is 5.01. The minimum Gasteiger partial charge on any atom is -0.354 e. The van der Waals surface area contributed by atoms with Gasteiger partial charge in [0.1, 0.15) is 6.04 Å². The van der Waals surface area contributed by atoms with Gasteiger partial charge in [0, 0.05) is 18.0 Å². The molecule has 0 bridgehead atoms. The molecule has 20 heavy (non-hydrogen) atoms. The average molecular weight is 316 g/mol. The molecule has 0 radical (unpaired) electrons. The number of hydrogen-bond donors (Lipinski definition) is 1. The highest BCUT2D eigenvalue weighted by molar-refractivity contribution is 7.88. The van der Waals surface area contributed by atoms with E-state index >= 15 is 0 Å². The molecule has 0 unspecified atom stereocenters. The Balaban J connectivity index is 1.89. The van der Waals surface area contributed by atoms with Gasteiger partial charge in [-0.25, -0.2) is 8.42 Å². The molecule has 1 saturated heterocycles. The maximum atomic E-state index is 12.2. The summed E-state index contributed by atoms with van der Waals surface area (Å²) in [6.07, 6.45) is 4.29. The Morgan fingerprint density at radius 1 is 1.50 bits per heavy atom. The molecule has 1 fully saturated rings. The Morgan fingerprint density at radius 3 is 2.95 bits per heavy atom. The van der Waals surface area contributed by atoms with Crippen LogP contribution in [0, 0.1) is 0 Å². The van der Waals surface area contributed by atoms with Gasteiger partial charge in [-0.3, -0.25) is 4.79 Å². The van der Waals surface area contributed by atoms with Crippen molar-refractivity contribution in [2.45, 2.75) is 31.7 Å². The number of sulfonamides is 1. The van der Waals surface area contributed by atoms with Crippen molar-refractivity contribution in [2.75, 3.05) is 19.3 Å². The third kappa shape index (κ3) is 4.04. The van der Waals surface area contributed by atoms with Gasteiger partial charge in [-0.15, -0.1) is 11.3 Å². The molecule has 5 nitrogen and oxygen atoms in total. The zero-order valence-electron chi connectivity index (χ0n) is 11.5. The normalized spacial score (nSPS) is 20.8. The van der Waals surface area contributed by atoms with Crippen molar-refractivity contribution in [3.63, 3.8) is 0 Å². The van der Waals surface area contributed by atoms with Crippen molar-refractivity contribution in [1.82, 2.24) is 9.62 Å². The van der Waals surface area contributed by atoms with Crippen LogP contribution in [0.15, 0.2) is 17.5 Å². The Morgan fingerprint density at radius 2 is 2.30 bits per heavy atom. The van der Waals surface area contributed by atoms with Gasteiger partial charge in [-0.05, 0) is 30.7 Å². The van der Waals surface area contributed by atoms with Crippen LogP contribution in [0.1, 0.15) is 24.1 Å². The zero-order valence-corrected chi connectivity index (χ0v) is 13.2. The minimum absolute atomic E-state index is 0.174. The molecule has 2 heterocycles. The van der Waals surface area contributed by atoms with Gasteiger partial charge >= 0.3 is 0 Å².